The van der Waals surface area contributed by atoms with E-state index in [4.69, 9.17) is 11.2 Å². The summed E-state index contributed by atoms with van der Waals surface area (Å²) in [5.74, 6) is 2.84. The second-order valence-corrected chi connectivity index (χ2v) is 6.45. The molecular formula is C20H23NO3. The zero-order valence-electron chi connectivity index (χ0n) is 13.7. The Hall–Kier alpha value is -2.09. The zero-order valence-corrected chi connectivity index (χ0v) is 13.7. The Morgan fingerprint density at radius 1 is 1.29 bits per heavy atom. The van der Waals surface area contributed by atoms with Crippen LogP contribution >= 0.6 is 0 Å². The molecule has 1 N–H and O–H groups in total. The summed E-state index contributed by atoms with van der Waals surface area (Å²) in [7, 11) is 0. The number of hydrogen-bond acceptors (Lipinski definition) is 4. The first-order valence-electron chi connectivity index (χ1n) is 8.45. The zero-order chi connectivity index (χ0) is 16.9. The van der Waals surface area contributed by atoms with Gasteiger partial charge in [0.2, 0.25) is 0 Å². The van der Waals surface area contributed by atoms with Gasteiger partial charge in [-0.25, -0.2) is 0 Å². The summed E-state index contributed by atoms with van der Waals surface area (Å²) >= 11 is 0. The van der Waals surface area contributed by atoms with Gasteiger partial charge in [0, 0.05) is 6.42 Å². The number of allylic oxidation sites excluding steroid dienone is 1. The standard InChI is InChI=1S/C20H23NO3/c1-2-12-21-17(11-10-15-8-9-15)19(24-20(23)18(21)14-22)13-16-6-4-3-5-7-16/h1,3-7,10-11,15,17-19,22H,8-9,12-14H2/b11-10+/t17-,18+,19+/m1/s1. The fourth-order valence-corrected chi connectivity index (χ4v) is 3.16. The van der Waals surface area contributed by atoms with Gasteiger partial charge in [0.25, 0.3) is 0 Å². The van der Waals surface area contributed by atoms with Crippen LogP contribution in [0.2, 0.25) is 0 Å². The van der Waals surface area contributed by atoms with Crippen molar-refractivity contribution in [3.05, 3.63) is 48.0 Å². The molecule has 0 spiro atoms. The van der Waals surface area contributed by atoms with Crippen molar-refractivity contribution < 1.29 is 14.6 Å². The predicted molar refractivity (Wildman–Crippen MR) is 92.1 cm³/mol. The van der Waals surface area contributed by atoms with Gasteiger partial charge in [-0.1, -0.05) is 48.4 Å². The molecule has 1 aromatic carbocycles. The topological polar surface area (TPSA) is 49.8 Å². The highest BCUT2D eigenvalue weighted by molar-refractivity contribution is 5.77. The first-order chi connectivity index (χ1) is 11.7. The molecule has 126 valence electrons. The van der Waals surface area contributed by atoms with Crippen LogP contribution in [0, 0.1) is 18.3 Å². The Morgan fingerprint density at radius 3 is 2.67 bits per heavy atom. The second-order valence-electron chi connectivity index (χ2n) is 6.45. The maximum atomic E-state index is 12.3. The molecule has 1 heterocycles. The number of nitrogens with zero attached hydrogens (tertiary/aromatic N) is 1. The molecule has 1 aromatic rings. The van der Waals surface area contributed by atoms with Crippen LogP contribution in [0.3, 0.4) is 0 Å². The highest BCUT2D eigenvalue weighted by Crippen LogP contribution is 2.32. The van der Waals surface area contributed by atoms with Crippen LogP contribution in [-0.2, 0) is 16.0 Å². The Morgan fingerprint density at radius 2 is 2.04 bits per heavy atom. The maximum Gasteiger partial charge on any atom is 0.326 e. The van der Waals surface area contributed by atoms with Crippen LogP contribution < -0.4 is 0 Å². The minimum atomic E-state index is -0.693. The van der Waals surface area contributed by atoms with Crippen LogP contribution in [0.15, 0.2) is 42.5 Å². The van der Waals surface area contributed by atoms with Gasteiger partial charge >= 0.3 is 5.97 Å². The Labute approximate surface area is 143 Å². The van der Waals surface area contributed by atoms with E-state index < -0.39 is 12.0 Å². The van der Waals surface area contributed by atoms with Crippen molar-refractivity contribution in [2.45, 2.75) is 37.5 Å². The largest absolute Gasteiger partial charge is 0.459 e. The summed E-state index contributed by atoms with van der Waals surface area (Å²) in [5, 5.41) is 9.61. The minimum Gasteiger partial charge on any atom is -0.459 e. The van der Waals surface area contributed by atoms with E-state index in [1.165, 1.54) is 12.8 Å². The van der Waals surface area contributed by atoms with Crippen LogP contribution in [0.4, 0.5) is 0 Å². The molecule has 2 aliphatic rings. The van der Waals surface area contributed by atoms with E-state index in [0.717, 1.165) is 5.56 Å². The maximum absolute atomic E-state index is 12.3. The third-order valence-electron chi connectivity index (χ3n) is 4.63. The molecule has 0 radical (unpaired) electrons. The molecule has 0 amide bonds. The lowest BCUT2D eigenvalue weighted by Gasteiger charge is -2.42. The van der Waals surface area contributed by atoms with Gasteiger partial charge in [0.1, 0.15) is 12.1 Å². The van der Waals surface area contributed by atoms with Gasteiger partial charge in [-0.3, -0.25) is 9.69 Å². The molecule has 0 aromatic heterocycles. The summed E-state index contributed by atoms with van der Waals surface area (Å²) in [5.41, 5.74) is 1.11. The molecule has 2 fully saturated rings. The SMILES string of the molecule is C#CCN1[C@H](/C=C/C2CC2)[C@H](Cc2ccccc2)OC(=O)[C@@H]1CO. The van der Waals surface area contributed by atoms with Crippen molar-refractivity contribution in [2.75, 3.05) is 13.2 Å². The van der Waals surface area contributed by atoms with Crippen LogP contribution in [0.25, 0.3) is 0 Å². The number of carbonyl (C=O) groups is 1. The first kappa shape index (κ1) is 16.8. The second kappa shape index (κ2) is 7.65. The fourth-order valence-electron chi connectivity index (χ4n) is 3.16. The van der Waals surface area contributed by atoms with Crippen molar-refractivity contribution in [2.24, 2.45) is 5.92 Å². The fraction of sp³-hybridized carbons (Fsp3) is 0.450. The van der Waals surface area contributed by atoms with Gasteiger partial charge in [0.15, 0.2) is 0 Å². The number of carbonyl (C=O) groups excluding carboxylic acids is 1. The lowest BCUT2D eigenvalue weighted by molar-refractivity contribution is -0.172. The molecule has 0 unspecified atom stereocenters. The van der Waals surface area contributed by atoms with Gasteiger partial charge in [-0.2, -0.15) is 0 Å². The van der Waals surface area contributed by atoms with Crippen LogP contribution in [-0.4, -0.2) is 47.3 Å². The van der Waals surface area contributed by atoms with E-state index in [2.05, 4.69) is 18.1 Å². The predicted octanol–water partition coefficient (Wildman–Crippen LogP) is 1.79. The van der Waals surface area contributed by atoms with Gasteiger partial charge < -0.3 is 9.84 Å². The normalized spacial score (nSPS) is 27.8. The lowest BCUT2D eigenvalue weighted by atomic mass is 9.96. The Kier molecular flexibility index (Phi) is 5.34. The molecule has 0 bridgehead atoms. The number of morpholine rings is 1. The van der Waals surface area contributed by atoms with Crippen molar-refractivity contribution in [3.63, 3.8) is 0 Å². The quantitative estimate of drug-likeness (QED) is 0.492. The number of rotatable bonds is 6. The molecule has 1 saturated carbocycles. The summed E-state index contributed by atoms with van der Waals surface area (Å²) in [6, 6.07) is 9.17. The average Bonchev–Trinajstić information content (AvgIpc) is 3.40. The molecule has 4 heteroatoms. The number of benzene rings is 1. The highest BCUT2D eigenvalue weighted by atomic mass is 16.6. The minimum absolute atomic E-state index is 0.114. The third-order valence-corrected chi connectivity index (χ3v) is 4.63. The average molecular weight is 325 g/mol. The van der Waals surface area contributed by atoms with E-state index >= 15 is 0 Å². The number of ether oxygens (including phenoxy) is 1. The number of terminal acetylenes is 1. The van der Waals surface area contributed by atoms with E-state index in [0.29, 0.717) is 18.9 Å². The molecule has 24 heavy (non-hydrogen) atoms. The molecule has 4 nitrogen and oxygen atoms in total. The lowest BCUT2D eigenvalue weighted by Crippen LogP contribution is -2.60. The van der Waals surface area contributed by atoms with Gasteiger partial charge in [-0.05, 0) is 24.3 Å². The summed E-state index contributed by atoms with van der Waals surface area (Å²) in [4.78, 5) is 14.2. The third kappa shape index (κ3) is 3.87. The van der Waals surface area contributed by atoms with E-state index in [9.17, 15) is 9.90 Å². The first-order valence-corrected chi connectivity index (χ1v) is 8.45. The van der Waals surface area contributed by atoms with Gasteiger partial charge in [-0.15, -0.1) is 6.42 Å². The molecular weight excluding hydrogens is 302 g/mol. The highest BCUT2D eigenvalue weighted by Gasteiger charge is 2.42. The van der Waals surface area contributed by atoms with E-state index in [1.54, 1.807) is 0 Å². The van der Waals surface area contributed by atoms with Crippen molar-refractivity contribution in [3.8, 4) is 12.3 Å². The molecule has 1 aliphatic carbocycles. The number of cyclic esters (lactones) is 1. The number of hydrogen-bond donors (Lipinski definition) is 1. The van der Waals surface area contributed by atoms with Crippen molar-refractivity contribution in [1.29, 1.82) is 0 Å². The van der Waals surface area contributed by atoms with E-state index in [1.807, 2.05) is 35.2 Å². The monoisotopic (exact) mass is 325 g/mol. The Bertz CT molecular complexity index is 630. The number of aliphatic hydroxyl groups excluding tert-OH is 1. The van der Waals surface area contributed by atoms with Crippen molar-refractivity contribution in [1.82, 2.24) is 4.90 Å². The molecule has 3 rings (SSSR count). The summed E-state index contributed by atoms with van der Waals surface area (Å²) in [6.45, 7) is 0.0254. The van der Waals surface area contributed by atoms with E-state index in [-0.39, 0.29) is 18.8 Å². The number of aliphatic hydroxyl groups is 1. The number of esters is 1. The summed E-state index contributed by atoms with van der Waals surface area (Å²) in [6.07, 6.45) is 12.6. The molecule has 1 saturated heterocycles. The van der Waals surface area contributed by atoms with Gasteiger partial charge in [0.05, 0.1) is 19.2 Å². The smallest absolute Gasteiger partial charge is 0.326 e. The molecule has 1 aliphatic heterocycles. The molecule has 3 atom stereocenters. The van der Waals surface area contributed by atoms with Crippen molar-refractivity contribution >= 4 is 5.97 Å². The van der Waals surface area contributed by atoms with Crippen LogP contribution in [0.1, 0.15) is 18.4 Å². The Balaban J connectivity index is 1.85. The van der Waals surface area contributed by atoms with Crippen LogP contribution in [0.5, 0.6) is 0 Å². The summed E-state index contributed by atoms with van der Waals surface area (Å²) < 4.78 is 5.68.